The van der Waals surface area contributed by atoms with Gasteiger partial charge in [-0.2, -0.15) is 5.26 Å². The summed E-state index contributed by atoms with van der Waals surface area (Å²) in [5, 5.41) is 14.2. The first-order valence-electron chi connectivity index (χ1n) is 5.34. The molecule has 0 saturated heterocycles. The predicted molar refractivity (Wildman–Crippen MR) is 68.5 cm³/mol. The van der Waals surface area contributed by atoms with Crippen molar-refractivity contribution < 1.29 is 4.79 Å². The van der Waals surface area contributed by atoms with Gasteiger partial charge in [0.05, 0.1) is 0 Å². The minimum atomic E-state index is -0.427. The first-order valence-corrected chi connectivity index (χ1v) is 5.88. The minimum absolute atomic E-state index is 0.0176. The summed E-state index contributed by atoms with van der Waals surface area (Å²) in [7, 11) is 0. The van der Waals surface area contributed by atoms with Crippen LogP contribution in [-0.4, -0.2) is 23.3 Å². The van der Waals surface area contributed by atoms with Crippen molar-refractivity contribution in [1.29, 1.82) is 5.26 Å². The van der Waals surface area contributed by atoms with Crippen molar-refractivity contribution >= 4 is 17.5 Å². The van der Waals surface area contributed by atoms with Crippen LogP contribution in [0.4, 0.5) is 0 Å². The highest BCUT2D eigenvalue weighted by atomic mass is 35.5. The zero-order chi connectivity index (χ0) is 13.2. The molecule has 94 valence electrons. The van der Waals surface area contributed by atoms with E-state index in [9.17, 15) is 4.79 Å². The molecule has 18 heavy (non-hydrogen) atoms. The average molecular weight is 265 g/mol. The van der Waals surface area contributed by atoms with Gasteiger partial charge in [-0.1, -0.05) is 6.07 Å². The second-order valence-corrected chi connectivity index (χ2v) is 3.73. The lowest BCUT2D eigenvalue weighted by Crippen LogP contribution is -2.25. The molecule has 1 aromatic heterocycles. The summed E-state index contributed by atoms with van der Waals surface area (Å²) in [6, 6.07) is 5.45. The summed E-state index contributed by atoms with van der Waals surface area (Å²) < 4.78 is 0. The summed E-state index contributed by atoms with van der Waals surface area (Å²) in [5.41, 5.74) is 0.890. The number of amides is 1. The second-order valence-electron chi connectivity index (χ2n) is 3.36. The molecule has 1 rings (SSSR count). The Morgan fingerprint density at radius 1 is 1.61 bits per heavy atom. The molecule has 0 aromatic carbocycles. The van der Waals surface area contributed by atoms with E-state index < -0.39 is 5.91 Å². The fourth-order valence-electron chi connectivity index (χ4n) is 1.16. The van der Waals surface area contributed by atoms with Gasteiger partial charge in [0, 0.05) is 37.6 Å². The summed E-state index contributed by atoms with van der Waals surface area (Å²) in [4.78, 5) is 15.6. The smallest absolute Gasteiger partial charge is 0.263 e. The second kappa shape index (κ2) is 8.09. The van der Waals surface area contributed by atoms with Crippen LogP contribution in [0.15, 0.2) is 36.3 Å². The largest absolute Gasteiger partial charge is 0.388 e. The fraction of sp³-hybridized carbons (Fsp3) is 0.250. The van der Waals surface area contributed by atoms with E-state index in [4.69, 9.17) is 16.9 Å². The lowest BCUT2D eigenvalue weighted by atomic mass is 10.2. The van der Waals surface area contributed by atoms with Crippen LogP contribution in [0.1, 0.15) is 5.56 Å². The molecule has 0 aliphatic carbocycles. The first-order chi connectivity index (χ1) is 8.77. The third kappa shape index (κ3) is 4.85. The standard InChI is InChI=1S/C12H13ClN4O/c13-3-5-16-9-11(6-14)12(18)17-8-10-2-1-4-15-7-10/h1-2,4,7,9,16H,3,5,8H2,(H,17,18)/b11-9-. The molecule has 1 amide bonds. The Morgan fingerprint density at radius 2 is 2.44 bits per heavy atom. The van der Waals surface area contributed by atoms with Crippen molar-refractivity contribution in [3.63, 3.8) is 0 Å². The van der Waals surface area contributed by atoms with Gasteiger partial charge in [-0.3, -0.25) is 9.78 Å². The molecular weight excluding hydrogens is 252 g/mol. The lowest BCUT2D eigenvalue weighted by Gasteiger charge is -2.04. The Labute approximate surface area is 110 Å². The number of hydrogen-bond donors (Lipinski definition) is 2. The SMILES string of the molecule is N#C/C(=C/NCCCl)C(=O)NCc1cccnc1. The van der Waals surface area contributed by atoms with Crippen LogP contribution < -0.4 is 10.6 Å². The first kappa shape index (κ1) is 14.0. The van der Waals surface area contributed by atoms with Crippen LogP contribution in [0.5, 0.6) is 0 Å². The van der Waals surface area contributed by atoms with Gasteiger partial charge >= 0.3 is 0 Å². The minimum Gasteiger partial charge on any atom is -0.388 e. The number of carbonyl (C=O) groups excluding carboxylic acids is 1. The van der Waals surface area contributed by atoms with Gasteiger partial charge in [0.15, 0.2) is 0 Å². The van der Waals surface area contributed by atoms with Crippen LogP contribution >= 0.6 is 11.6 Å². The molecule has 5 nitrogen and oxygen atoms in total. The van der Waals surface area contributed by atoms with Crippen LogP contribution in [0.2, 0.25) is 0 Å². The van der Waals surface area contributed by atoms with Crippen molar-refractivity contribution in [2.24, 2.45) is 0 Å². The van der Waals surface area contributed by atoms with E-state index in [1.54, 1.807) is 18.5 Å². The van der Waals surface area contributed by atoms with E-state index in [0.29, 0.717) is 19.0 Å². The van der Waals surface area contributed by atoms with E-state index in [1.165, 1.54) is 6.20 Å². The van der Waals surface area contributed by atoms with Gasteiger partial charge < -0.3 is 10.6 Å². The van der Waals surface area contributed by atoms with Crippen molar-refractivity contribution in [2.75, 3.05) is 12.4 Å². The number of nitriles is 1. The van der Waals surface area contributed by atoms with E-state index in [-0.39, 0.29) is 5.57 Å². The van der Waals surface area contributed by atoms with Crippen LogP contribution in [0.3, 0.4) is 0 Å². The molecule has 0 bridgehead atoms. The Bertz CT molecular complexity index is 453. The number of nitrogens with zero attached hydrogens (tertiary/aromatic N) is 2. The Kier molecular flexibility index (Phi) is 6.30. The molecular formula is C12H13ClN4O. The molecule has 0 radical (unpaired) electrons. The monoisotopic (exact) mass is 264 g/mol. The number of aromatic nitrogens is 1. The number of hydrogen-bond acceptors (Lipinski definition) is 4. The summed E-state index contributed by atoms with van der Waals surface area (Å²) in [6.07, 6.45) is 4.67. The number of nitrogens with one attached hydrogen (secondary N) is 2. The number of halogens is 1. The van der Waals surface area contributed by atoms with E-state index in [0.717, 1.165) is 5.56 Å². The maximum Gasteiger partial charge on any atom is 0.263 e. The number of carbonyl (C=O) groups is 1. The predicted octanol–water partition coefficient (Wildman–Crippen LogP) is 0.934. The highest BCUT2D eigenvalue weighted by Crippen LogP contribution is 1.96. The molecule has 1 heterocycles. The normalized spacial score (nSPS) is 10.6. The summed E-state index contributed by atoms with van der Waals surface area (Å²) >= 11 is 5.47. The zero-order valence-corrected chi connectivity index (χ0v) is 10.4. The zero-order valence-electron chi connectivity index (χ0n) is 9.69. The molecule has 1 aromatic rings. The van der Waals surface area contributed by atoms with Gasteiger partial charge in [0.25, 0.3) is 5.91 Å². The molecule has 0 atom stereocenters. The Balaban J connectivity index is 2.48. The van der Waals surface area contributed by atoms with E-state index in [2.05, 4.69) is 15.6 Å². The van der Waals surface area contributed by atoms with Gasteiger partial charge in [0.1, 0.15) is 11.6 Å². The fourth-order valence-corrected chi connectivity index (χ4v) is 1.27. The van der Waals surface area contributed by atoms with Gasteiger partial charge in [0.2, 0.25) is 0 Å². The van der Waals surface area contributed by atoms with Crippen molar-refractivity contribution in [1.82, 2.24) is 15.6 Å². The summed E-state index contributed by atoms with van der Waals surface area (Å²) in [5.74, 6) is -0.0181. The highest BCUT2D eigenvalue weighted by Gasteiger charge is 2.07. The molecule has 0 spiro atoms. The van der Waals surface area contributed by atoms with Crippen LogP contribution in [0.25, 0.3) is 0 Å². The Hall–Kier alpha value is -2.06. The van der Waals surface area contributed by atoms with Crippen molar-refractivity contribution in [2.45, 2.75) is 6.54 Å². The third-order valence-corrected chi connectivity index (χ3v) is 2.22. The topological polar surface area (TPSA) is 77.8 Å². The molecule has 0 aliphatic rings. The maximum absolute atomic E-state index is 11.6. The summed E-state index contributed by atoms with van der Waals surface area (Å²) in [6.45, 7) is 0.837. The van der Waals surface area contributed by atoms with Crippen LogP contribution in [0, 0.1) is 11.3 Å². The van der Waals surface area contributed by atoms with Crippen molar-refractivity contribution in [3.05, 3.63) is 41.9 Å². The van der Waals surface area contributed by atoms with Crippen LogP contribution in [-0.2, 0) is 11.3 Å². The molecule has 0 fully saturated rings. The van der Waals surface area contributed by atoms with Crippen molar-refractivity contribution in [3.8, 4) is 6.07 Å². The van der Waals surface area contributed by atoms with Gasteiger partial charge in [-0.25, -0.2) is 0 Å². The van der Waals surface area contributed by atoms with Gasteiger partial charge in [-0.05, 0) is 11.6 Å². The highest BCUT2D eigenvalue weighted by molar-refractivity contribution is 6.18. The molecule has 2 N–H and O–H groups in total. The van der Waals surface area contributed by atoms with Gasteiger partial charge in [-0.15, -0.1) is 11.6 Å². The molecule has 0 saturated carbocycles. The third-order valence-electron chi connectivity index (χ3n) is 2.03. The molecule has 0 aliphatic heterocycles. The lowest BCUT2D eigenvalue weighted by molar-refractivity contribution is -0.117. The maximum atomic E-state index is 11.6. The Morgan fingerprint density at radius 3 is 3.06 bits per heavy atom. The average Bonchev–Trinajstić information content (AvgIpc) is 2.42. The quantitative estimate of drug-likeness (QED) is 0.347. The molecule has 6 heteroatoms. The number of alkyl halides is 1. The number of pyridine rings is 1. The van der Waals surface area contributed by atoms with E-state index >= 15 is 0 Å². The number of rotatable bonds is 6. The molecule has 0 unspecified atom stereocenters. The van der Waals surface area contributed by atoms with E-state index in [1.807, 2.05) is 12.1 Å².